The fraction of sp³-hybridized carbons (Fsp3) is 0.125. The SMILES string of the molecule is Cn1c(SCC(=O)Nc2cccc(Cl)c2Cl)nc2ccccc21. The third-order valence-corrected chi connectivity index (χ3v) is 5.15. The Labute approximate surface area is 147 Å². The fourth-order valence-electron chi connectivity index (χ4n) is 2.17. The lowest BCUT2D eigenvalue weighted by Crippen LogP contribution is -2.14. The molecule has 1 aromatic heterocycles. The van der Waals surface area contributed by atoms with Gasteiger partial charge in [-0.2, -0.15) is 0 Å². The van der Waals surface area contributed by atoms with E-state index in [0.717, 1.165) is 16.2 Å². The topological polar surface area (TPSA) is 46.9 Å². The third-order valence-electron chi connectivity index (χ3n) is 3.30. The average Bonchev–Trinajstić information content (AvgIpc) is 2.87. The van der Waals surface area contributed by atoms with Gasteiger partial charge in [0.05, 0.1) is 32.5 Å². The monoisotopic (exact) mass is 365 g/mol. The maximum Gasteiger partial charge on any atom is 0.234 e. The number of fused-ring (bicyclic) bond motifs is 1. The molecule has 3 aromatic rings. The van der Waals surface area contributed by atoms with E-state index in [1.165, 1.54) is 11.8 Å². The van der Waals surface area contributed by atoms with E-state index in [-0.39, 0.29) is 11.7 Å². The van der Waals surface area contributed by atoms with Crippen LogP contribution in [0.4, 0.5) is 5.69 Å². The summed E-state index contributed by atoms with van der Waals surface area (Å²) in [5.74, 6) is 0.0752. The highest BCUT2D eigenvalue weighted by atomic mass is 35.5. The number of anilines is 1. The van der Waals surface area contributed by atoms with E-state index in [4.69, 9.17) is 23.2 Å². The lowest BCUT2D eigenvalue weighted by molar-refractivity contribution is -0.113. The molecular weight excluding hydrogens is 353 g/mol. The molecule has 0 spiro atoms. The van der Waals surface area contributed by atoms with Crippen LogP contribution in [0, 0.1) is 0 Å². The van der Waals surface area contributed by atoms with Crippen LogP contribution in [0.2, 0.25) is 10.0 Å². The van der Waals surface area contributed by atoms with Crippen molar-refractivity contribution in [3.63, 3.8) is 0 Å². The summed E-state index contributed by atoms with van der Waals surface area (Å²) in [6.07, 6.45) is 0. The Hall–Kier alpha value is -1.69. The first-order valence-electron chi connectivity index (χ1n) is 6.84. The van der Waals surface area contributed by atoms with Gasteiger partial charge in [-0.25, -0.2) is 4.98 Å². The number of halogens is 2. The molecule has 4 nitrogen and oxygen atoms in total. The number of nitrogens with zero attached hydrogens (tertiary/aromatic N) is 2. The molecule has 0 fully saturated rings. The summed E-state index contributed by atoms with van der Waals surface area (Å²) < 4.78 is 1.97. The van der Waals surface area contributed by atoms with E-state index >= 15 is 0 Å². The fourth-order valence-corrected chi connectivity index (χ4v) is 3.30. The van der Waals surface area contributed by atoms with Gasteiger partial charge in [0.2, 0.25) is 5.91 Å². The minimum absolute atomic E-state index is 0.161. The van der Waals surface area contributed by atoms with Gasteiger partial charge in [-0.15, -0.1) is 0 Å². The molecule has 0 aliphatic carbocycles. The van der Waals surface area contributed by atoms with Gasteiger partial charge in [0.1, 0.15) is 0 Å². The minimum Gasteiger partial charge on any atom is -0.324 e. The smallest absolute Gasteiger partial charge is 0.234 e. The van der Waals surface area contributed by atoms with Gasteiger partial charge in [-0.1, -0.05) is 53.2 Å². The molecule has 1 heterocycles. The summed E-state index contributed by atoms with van der Waals surface area (Å²) in [4.78, 5) is 16.6. The van der Waals surface area contributed by atoms with E-state index in [1.54, 1.807) is 18.2 Å². The number of hydrogen-bond acceptors (Lipinski definition) is 3. The van der Waals surface area contributed by atoms with E-state index in [1.807, 2.05) is 35.9 Å². The van der Waals surface area contributed by atoms with Gasteiger partial charge in [0.15, 0.2) is 5.16 Å². The number of imidazole rings is 1. The molecule has 0 bridgehead atoms. The van der Waals surface area contributed by atoms with E-state index in [0.29, 0.717) is 15.7 Å². The van der Waals surface area contributed by atoms with Crippen molar-refractivity contribution in [3.05, 3.63) is 52.5 Å². The second-order valence-electron chi connectivity index (χ2n) is 4.88. The molecule has 3 rings (SSSR count). The molecule has 1 amide bonds. The number of benzene rings is 2. The van der Waals surface area contributed by atoms with Gasteiger partial charge in [-0.3, -0.25) is 4.79 Å². The maximum atomic E-state index is 12.1. The molecule has 0 aliphatic heterocycles. The Balaban J connectivity index is 1.68. The molecule has 0 unspecified atom stereocenters. The van der Waals surface area contributed by atoms with Crippen LogP contribution in [-0.4, -0.2) is 21.2 Å². The van der Waals surface area contributed by atoms with Crippen molar-refractivity contribution in [2.24, 2.45) is 7.05 Å². The number of rotatable bonds is 4. The predicted octanol–water partition coefficient (Wildman–Crippen LogP) is 4.61. The molecule has 0 atom stereocenters. The molecule has 23 heavy (non-hydrogen) atoms. The first-order valence-corrected chi connectivity index (χ1v) is 8.58. The zero-order valence-corrected chi connectivity index (χ0v) is 14.5. The largest absolute Gasteiger partial charge is 0.324 e. The van der Waals surface area contributed by atoms with E-state index in [2.05, 4.69) is 10.3 Å². The number of carbonyl (C=O) groups excluding carboxylic acids is 1. The van der Waals surface area contributed by atoms with Crippen molar-refractivity contribution in [2.75, 3.05) is 11.1 Å². The number of hydrogen-bond donors (Lipinski definition) is 1. The Bertz CT molecular complexity index is 879. The van der Waals surface area contributed by atoms with Gasteiger partial charge >= 0.3 is 0 Å². The zero-order chi connectivity index (χ0) is 16.4. The molecule has 7 heteroatoms. The summed E-state index contributed by atoms with van der Waals surface area (Å²) in [6.45, 7) is 0. The van der Waals surface area contributed by atoms with Crippen LogP contribution < -0.4 is 5.32 Å². The molecule has 0 radical (unpaired) electrons. The highest BCUT2D eigenvalue weighted by Crippen LogP contribution is 2.30. The summed E-state index contributed by atoms with van der Waals surface area (Å²) in [5, 5.41) is 4.30. The molecule has 1 N–H and O–H groups in total. The highest BCUT2D eigenvalue weighted by Gasteiger charge is 2.12. The molecule has 2 aromatic carbocycles. The molecule has 0 saturated carbocycles. The highest BCUT2D eigenvalue weighted by molar-refractivity contribution is 7.99. The van der Waals surface area contributed by atoms with Crippen molar-refractivity contribution in [2.45, 2.75) is 5.16 Å². The summed E-state index contributed by atoms with van der Waals surface area (Å²) in [6, 6.07) is 13.0. The Morgan fingerprint density at radius 2 is 2.00 bits per heavy atom. The van der Waals surface area contributed by atoms with Crippen molar-refractivity contribution in [1.29, 1.82) is 0 Å². The quantitative estimate of drug-likeness (QED) is 0.686. The maximum absolute atomic E-state index is 12.1. The first kappa shape index (κ1) is 16.2. The standard InChI is InChI=1S/C16H13Cl2N3OS/c1-21-13-8-3-2-6-11(13)20-16(21)23-9-14(22)19-12-7-4-5-10(17)15(12)18/h2-8H,9H2,1H3,(H,19,22). The number of carbonyl (C=O) groups is 1. The lowest BCUT2D eigenvalue weighted by atomic mass is 10.3. The second-order valence-corrected chi connectivity index (χ2v) is 6.61. The van der Waals surface area contributed by atoms with Crippen LogP contribution >= 0.6 is 35.0 Å². The van der Waals surface area contributed by atoms with E-state index in [9.17, 15) is 4.79 Å². The molecule has 0 saturated heterocycles. The molecule has 118 valence electrons. The Kier molecular flexibility index (Phi) is 4.80. The van der Waals surface area contributed by atoms with Crippen LogP contribution in [0.5, 0.6) is 0 Å². The van der Waals surface area contributed by atoms with E-state index < -0.39 is 0 Å². The third kappa shape index (κ3) is 3.47. The van der Waals surface area contributed by atoms with Crippen molar-refractivity contribution in [1.82, 2.24) is 9.55 Å². The van der Waals surface area contributed by atoms with Crippen LogP contribution in [0.25, 0.3) is 11.0 Å². The summed E-state index contributed by atoms with van der Waals surface area (Å²) in [7, 11) is 1.93. The van der Waals surface area contributed by atoms with Crippen LogP contribution in [0.15, 0.2) is 47.6 Å². The number of para-hydroxylation sites is 2. The van der Waals surface area contributed by atoms with Crippen LogP contribution in [0.3, 0.4) is 0 Å². The predicted molar refractivity (Wildman–Crippen MR) is 96.5 cm³/mol. The Morgan fingerprint density at radius 1 is 1.22 bits per heavy atom. The number of aromatic nitrogens is 2. The molecular formula is C16H13Cl2N3OS. The minimum atomic E-state index is -0.161. The molecule has 0 aliphatic rings. The Morgan fingerprint density at radius 3 is 2.78 bits per heavy atom. The number of thioether (sulfide) groups is 1. The van der Waals surface area contributed by atoms with Crippen molar-refractivity contribution < 1.29 is 4.79 Å². The van der Waals surface area contributed by atoms with Gasteiger partial charge in [0, 0.05) is 7.05 Å². The average molecular weight is 366 g/mol. The number of amides is 1. The lowest BCUT2D eigenvalue weighted by Gasteiger charge is -2.08. The zero-order valence-electron chi connectivity index (χ0n) is 12.2. The van der Waals surface area contributed by atoms with Crippen LogP contribution in [-0.2, 0) is 11.8 Å². The van der Waals surface area contributed by atoms with Crippen molar-refractivity contribution >= 4 is 57.6 Å². The van der Waals surface area contributed by atoms with Crippen LogP contribution in [0.1, 0.15) is 0 Å². The first-order chi connectivity index (χ1) is 11.1. The van der Waals surface area contributed by atoms with Gasteiger partial charge in [-0.05, 0) is 24.3 Å². The van der Waals surface area contributed by atoms with Crippen molar-refractivity contribution in [3.8, 4) is 0 Å². The van der Waals surface area contributed by atoms with Gasteiger partial charge < -0.3 is 9.88 Å². The van der Waals surface area contributed by atoms with Gasteiger partial charge in [0.25, 0.3) is 0 Å². The second kappa shape index (κ2) is 6.83. The number of nitrogens with one attached hydrogen (secondary N) is 1. The summed E-state index contributed by atoms with van der Waals surface area (Å²) >= 11 is 13.4. The normalized spacial score (nSPS) is 10.9. The number of aryl methyl sites for hydroxylation is 1. The summed E-state index contributed by atoms with van der Waals surface area (Å²) in [5.41, 5.74) is 2.46.